The van der Waals surface area contributed by atoms with Crippen molar-refractivity contribution in [3.05, 3.63) is 45.9 Å². The number of aryl methyl sites for hydroxylation is 2. The summed E-state index contributed by atoms with van der Waals surface area (Å²) in [7, 11) is 1.70. The van der Waals surface area contributed by atoms with Gasteiger partial charge in [0.2, 0.25) is 5.91 Å². The summed E-state index contributed by atoms with van der Waals surface area (Å²) in [6.07, 6.45) is 0. The second-order valence-electron chi connectivity index (χ2n) is 5.80. The number of aromatic nitrogens is 5. The minimum Gasteiger partial charge on any atom is -0.462 e. The van der Waals surface area contributed by atoms with Crippen molar-refractivity contribution >= 4 is 28.6 Å². The predicted molar refractivity (Wildman–Crippen MR) is 96.3 cm³/mol. The van der Waals surface area contributed by atoms with Crippen LogP contribution < -0.4 is 10.9 Å². The quantitative estimate of drug-likeness (QED) is 0.655. The van der Waals surface area contributed by atoms with Crippen molar-refractivity contribution < 1.29 is 14.3 Å². The van der Waals surface area contributed by atoms with E-state index in [4.69, 9.17) is 4.74 Å². The molecular formula is C17H18N6O4. The Hall–Kier alpha value is -3.56. The lowest BCUT2D eigenvalue weighted by atomic mass is 10.2. The molecule has 2 heterocycles. The zero-order valence-corrected chi connectivity index (χ0v) is 15.1. The summed E-state index contributed by atoms with van der Waals surface area (Å²) in [5.41, 5.74) is 1.66. The molecule has 0 saturated heterocycles. The molecule has 0 aliphatic rings. The van der Waals surface area contributed by atoms with Crippen LogP contribution in [-0.4, -0.2) is 43.3 Å². The average Bonchev–Trinajstić information content (AvgIpc) is 2.93. The number of carbonyl (C=O) groups is 2. The Labute approximate surface area is 153 Å². The molecule has 3 rings (SSSR count). The molecule has 3 aromatic rings. The Morgan fingerprint density at radius 1 is 1.19 bits per heavy atom. The number of benzene rings is 1. The third-order valence-corrected chi connectivity index (χ3v) is 3.97. The first kappa shape index (κ1) is 18.2. The van der Waals surface area contributed by atoms with Gasteiger partial charge >= 0.3 is 5.97 Å². The molecule has 1 N–H and O–H groups in total. The van der Waals surface area contributed by atoms with Gasteiger partial charge in [0.15, 0.2) is 5.52 Å². The van der Waals surface area contributed by atoms with Crippen LogP contribution >= 0.6 is 0 Å². The zero-order valence-electron chi connectivity index (χ0n) is 15.1. The van der Waals surface area contributed by atoms with E-state index < -0.39 is 17.4 Å². The maximum absolute atomic E-state index is 12.4. The number of amides is 1. The van der Waals surface area contributed by atoms with Gasteiger partial charge in [-0.25, -0.2) is 4.79 Å². The van der Waals surface area contributed by atoms with Crippen LogP contribution in [-0.2, 0) is 23.1 Å². The summed E-state index contributed by atoms with van der Waals surface area (Å²) in [6, 6.07) is 6.23. The fourth-order valence-corrected chi connectivity index (χ4v) is 2.47. The third kappa shape index (κ3) is 3.68. The molecule has 0 unspecified atom stereocenters. The molecular weight excluding hydrogens is 352 g/mol. The van der Waals surface area contributed by atoms with Crippen LogP contribution in [0.4, 0.5) is 5.69 Å². The number of hydrogen-bond acceptors (Lipinski definition) is 7. The Morgan fingerprint density at radius 2 is 1.89 bits per heavy atom. The number of ether oxygens (including phenoxy) is 1. The van der Waals surface area contributed by atoms with Crippen molar-refractivity contribution in [1.82, 2.24) is 24.8 Å². The molecule has 0 spiro atoms. The van der Waals surface area contributed by atoms with E-state index in [1.165, 1.54) is 4.68 Å². The van der Waals surface area contributed by atoms with Gasteiger partial charge in [0.1, 0.15) is 12.1 Å². The van der Waals surface area contributed by atoms with Crippen LogP contribution in [0.25, 0.3) is 11.0 Å². The van der Waals surface area contributed by atoms with Gasteiger partial charge in [-0.15, -0.1) is 5.10 Å². The van der Waals surface area contributed by atoms with Crippen molar-refractivity contribution in [2.24, 2.45) is 7.05 Å². The van der Waals surface area contributed by atoms with Gasteiger partial charge in [-0.3, -0.25) is 14.3 Å². The molecule has 1 amide bonds. The molecule has 140 valence electrons. The highest BCUT2D eigenvalue weighted by Gasteiger charge is 2.15. The first-order chi connectivity index (χ1) is 12.9. The minimum absolute atomic E-state index is 0.164. The van der Waals surface area contributed by atoms with E-state index in [1.54, 1.807) is 45.2 Å². The molecule has 1 aromatic carbocycles. The normalized spacial score (nSPS) is 10.8. The topological polar surface area (TPSA) is 121 Å². The number of nitrogens with zero attached hydrogens (tertiary/aromatic N) is 5. The molecule has 10 heteroatoms. The molecule has 2 aromatic heterocycles. The van der Waals surface area contributed by atoms with E-state index in [1.807, 2.05) is 0 Å². The summed E-state index contributed by atoms with van der Waals surface area (Å²) < 4.78 is 7.39. The number of nitrogens with one attached hydrogen (secondary N) is 1. The van der Waals surface area contributed by atoms with Crippen LogP contribution in [0, 0.1) is 6.92 Å². The van der Waals surface area contributed by atoms with E-state index >= 15 is 0 Å². The number of esters is 1. The second kappa shape index (κ2) is 7.36. The minimum atomic E-state index is -0.489. The van der Waals surface area contributed by atoms with Gasteiger partial charge < -0.3 is 10.1 Å². The summed E-state index contributed by atoms with van der Waals surface area (Å²) in [5.74, 6) is -0.890. The van der Waals surface area contributed by atoms with Crippen molar-refractivity contribution in [3.8, 4) is 0 Å². The maximum atomic E-state index is 12.4. The van der Waals surface area contributed by atoms with Crippen LogP contribution in [0.5, 0.6) is 0 Å². The molecule has 0 fully saturated rings. The number of anilines is 1. The number of fused-ring (bicyclic) bond motifs is 1. The molecule has 27 heavy (non-hydrogen) atoms. The van der Waals surface area contributed by atoms with Crippen LogP contribution in [0.15, 0.2) is 29.1 Å². The van der Waals surface area contributed by atoms with Crippen molar-refractivity contribution in [3.63, 3.8) is 0 Å². The largest absolute Gasteiger partial charge is 0.462 e. The lowest BCUT2D eigenvalue weighted by Crippen LogP contribution is -2.30. The summed E-state index contributed by atoms with van der Waals surface area (Å²) in [5, 5.41) is 14.5. The van der Waals surface area contributed by atoms with E-state index in [2.05, 4.69) is 20.7 Å². The van der Waals surface area contributed by atoms with Gasteiger partial charge in [-0.05, 0) is 38.1 Å². The van der Waals surface area contributed by atoms with E-state index in [9.17, 15) is 14.4 Å². The summed E-state index contributed by atoms with van der Waals surface area (Å²) >= 11 is 0. The van der Waals surface area contributed by atoms with Gasteiger partial charge in [-0.1, -0.05) is 5.21 Å². The number of carbonyl (C=O) groups excluding carboxylic acids is 2. The Bertz CT molecular complexity index is 1070. The lowest BCUT2D eigenvalue weighted by Gasteiger charge is -2.07. The van der Waals surface area contributed by atoms with Crippen molar-refractivity contribution in [2.45, 2.75) is 20.4 Å². The van der Waals surface area contributed by atoms with Crippen molar-refractivity contribution in [1.29, 1.82) is 0 Å². The molecule has 0 aliphatic carbocycles. The molecule has 10 nitrogen and oxygen atoms in total. The Balaban J connectivity index is 1.72. The third-order valence-electron chi connectivity index (χ3n) is 3.97. The van der Waals surface area contributed by atoms with Gasteiger partial charge in [0, 0.05) is 12.7 Å². The molecule has 0 bridgehead atoms. The summed E-state index contributed by atoms with van der Waals surface area (Å²) in [4.78, 5) is 36.2. The van der Waals surface area contributed by atoms with Crippen molar-refractivity contribution in [2.75, 3.05) is 11.9 Å². The zero-order chi connectivity index (χ0) is 19.6. The van der Waals surface area contributed by atoms with E-state index in [0.29, 0.717) is 22.5 Å². The van der Waals surface area contributed by atoms with E-state index in [-0.39, 0.29) is 18.7 Å². The Morgan fingerprint density at radius 3 is 2.56 bits per heavy atom. The highest BCUT2D eigenvalue weighted by atomic mass is 16.5. The molecule has 0 radical (unpaired) electrons. The van der Waals surface area contributed by atoms with Gasteiger partial charge in [-0.2, -0.15) is 9.78 Å². The smallest absolute Gasteiger partial charge is 0.338 e. The number of hydrogen-bond donors (Lipinski definition) is 1. The summed E-state index contributed by atoms with van der Waals surface area (Å²) in [6.45, 7) is 3.48. The molecule has 0 aliphatic heterocycles. The van der Waals surface area contributed by atoms with Crippen LogP contribution in [0.2, 0.25) is 0 Å². The Kier molecular flexibility index (Phi) is 4.97. The highest BCUT2D eigenvalue weighted by Crippen LogP contribution is 2.11. The highest BCUT2D eigenvalue weighted by molar-refractivity contribution is 5.93. The first-order valence-electron chi connectivity index (χ1n) is 8.25. The average molecular weight is 370 g/mol. The first-order valence-corrected chi connectivity index (χ1v) is 8.25. The SMILES string of the molecule is CCOC(=O)c1ccc(NC(=O)Cn2nnc3c(C)n(C)nc3c2=O)cc1. The standard InChI is InChI=1S/C17H18N6O4/c1-4-27-17(26)11-5-7-12(8-6-11)18-13(24)9-23-16(25)15-14(19-21-23)10(2)22(3)20-15/h5-8H,4,9H2,1-3H3,(H,18,24). The fraction of sp³-hybridized carbons (Fsp3) is 0.294. The maximum Gasteiger partial charge on any atom is 0.338 e. The fourth-order valence-electron chi connectivity index (χ4n) is 2.47. The molecule has 0 atom stereocenters. The van der Waals surface area contributed by atoms with Crippen LogP contribution in [0.3, 0.4) is 0 Å². The number of rotatable bonds is 5. The monoisotopic (exact) mass is 370 g/mol. The second-order valence-corrected chi connectivity index (χ2v) is 5.80. The predicted octanol–water partition coefficient (Wildman–Crippen LogP) is 0.649. The van der Waals surface area contributed by atoms with Gasteiger partial charge in [0.25, 0.3) is 5.56 Å². The molecule has 0 saturated carbocycles. The van der Waals surface area contributed by atoms with E-state index in [0.717, 1.165) is 4.68 Å². The van der Waals surface area contributed by atoms with Gasteiger partial charge in [0.05, 0.1) is 17.9 Å². The van der Waals surface area contributed by atoms with Crippen LogP contribution in [0.1, 0.15) is 23.0 Å². The lowest BCUT2D eigenvalue weighted by molar-refractivity contribution is -0.117.